The Bertz CT molecular complexity index is 1290. The van der Waals surface area contributed by atoms with E-state index in [1.807, 2.05) is 3.28 Å². The predicted molar refractivity (Wildman–Crippen MR) is 153 cm³/mol. The zero-order chi connectivity index (χ0) is 23.6. The van der Waals surface area contributed by atoms with E-state index in [4.69, 9.17) is 0 Å². The number of hydrogen-bond acceptors (Lipinski definition) is 0. The zero-order valence-corrected chi connectivity index (χ0v) is 27.7. The first-order valence-electron chi connectivity index (χ1n) is 12.0. The molecule has 3 aliphatic rings. The van der Waals surface area contributed by atoms with Crippen LogP contribution in [0.25, 0.3) is 11.6 Å². The van der Waals surface area contributed by atoms with Gasteiger partial charge < -0.3 is 0 Å². The van der Waals surface area contributed by atoms with E-state index in [-0.39, 0.29) is 46.5 Å². The fourth-order valence-electron chi connectivity index (χ4n) is 5.66. The van der Waals surface area contributed by atoms with Gasteiger partial charge in [-0.1, -0.05) is 0 Å². The summed E-state index contributed by atoms with van der Waals surface area (Å²) in [6, 6.07) is 7.20. The van der Waals surface area contributed by atoms with Crippen LogP contribution in [0.3, 0.4) is 0 Å². The summed E-state index contributed by atoms with van der Waals surface area (Å²) in [6.07, 6.45) is 11.3. The molecular formula is C30H41Cl2SiZr. The summed E-state index contributed by atoms with van der Waals surface area (Å²) < 4.78 is 1.84. The van der Waals surface area contributed by atoms with E-state index in [1.165, 1.54) is 32.7 Å². The van der Waals surface area contributed by atoms with Gasteiger partial charge in [-0.25, -0.2) is 0 Å². The van der Waals surface area contributed by atoms with Gasteiger partial charge in [0.1, 0.15) is 0 Å². The van der Waals surface area contributed by atoms with Crippen LogP contribution in [0.1, 0.15) is 67.4 Å². The average molecular weight is 592 g/mol. The average Bonchev–Trinajstić information content (AvgIpc) is 3.20. The van der Waals surface area contributed by atoms with Crippen molar-refractivity contribution in [2.24, 2.45) is 10.8 Å². The molecule has 34 heavy (non-hydrogen) atoms. The molecule has 0 radical (unpaired) electrons. The third kappa shape index (κ3) is 4.79. The molecule has 183 valence electrons. The topological polar surface area (TPSA) is 0 Å². The SMILES string of the molecule is CC1=CCC(C2(C(C)(C)C)C=CC3=c4ccc(C(C)(C)C)cc4=CC3=[C]2[Zr]=[Si](C)C)=C1C.Cl.Cl. The molecule has 3 aliphatic carbocycles. The Kier molecular flexibility index (Phi) is 8.91. The van der Waals surface area contributed by atoms with Crippen LogP contribution in [-0.4, -0.2) is 5.43 Å². The van der Waals surface area contributed by atoms with Gasteiger partial charge in [0.25, 0.3) is 0 Å². The van der Waals surface area contributed by atoms with Gasteiger partial charge in [0.05, 0.1) is 0 Å². The van der Waals surface area contributed by atoms with Crippen LogP contribution in [0.2, 0.25) is 13.1 Å². The van der Waals surface area contributed by atoms with Crippen molar-refractivity contribution in [3.63, 3.8) is 0 Å². The maximum atomic E-state index is 2.64. The van der Waals surface area contributed by atoms with Crippen molar-refractivity contribution < 1.29 is 21.9 Å². The van der Waals surface area contributed by atoms with Crippen molar-refractivity contribution in [1.82, 2.24) is 0 Å². The van der Waals surface area contributed by atoms with E-state index < -0.39 is 21.9 Å². The van der Waals surface area contributed by atoms with Crippen LogP contribution >= 0.6 is 24.8 Å². The quantitative estimate of drug-likeness (QED) is 0.310. The minimum Gasteiger partial charge on any atom is -0.147 e. The molecule has 0 saturated carbocycles. The monoisotopic (exact) mass is 589 g/mol. The molecule has 0 aromatic heterocycles. The summed E-state index contributed by atoms with van der Waals surface area (Å²) in [7, 11) is 0. The van der Waals surface area contributed by atoms with E-state index >= 15 is 0 Å². The molecule has 0 aliphatic heterocycles. The van der Waals surface area contributed by atoms with Gasteiger partial charge >= 0.3 is 208 Å². The molecule has 0 N–H and O–H groups in total. The van der Waals surface area contributed by atoms with E-state index in [0.717, 1.165) is 6.42 Å². The number of benzene rings is 1. The number of halogens is 2. The van der Waals surface area contributed by atoms with Crippen LogP contribution in [-0.2, 0) is 27.3 Å². The summed E-state index contributed by atoms with van der Waals surface area (Å²) >= 11 is -0.691. The molecule has 4 heteroatoms. The third-order valence-corrected chi connectivity index (χ3v) is 15.6. The van der Waals surface area contributed by atoms with Crippen LogP contribution < -0.4 is 10.4 Å². The molecule has 1 aromatic carbocycles. The standard InChI is InChI=1S/C28H33.C2H6Si.2ClH.Zr/c1-18-9-12-25(19(18)2)28(27(6,7)8)14-13-24-21(17-28)15-20-16-22(26(3,4)5)10-11-23(20)24;1-3-2;;;/h9-11,13-16H,12H2,1-8H3;1-2H3;2*1H;. The first-order chi connectivity index (χ1) is 14.8. The molecule has 0 nitrogen and oxygen atoms in total. The Hall–Kier alpha value is -0.400. The summed E-state index contributed by atoms with van der Waals surface area (Å²) in [5, 5.41) is 2.87. The maximum Gasteiger partial charge on any atom is -0.147 e. The molecule has 1 unspecified atom stereocenters. The summed E-state index contributed by atoms with van der Waals surface area (Å²) in [5.74, 6) is 0. The smallest absolute Gasteiger partial charge is 0.147 e. The number of hydrogen-bond donors (Lipinski definition) is 0. The van der Waals surface area contributed by atoms with Crippen molar-refractivity contribution in [2.75, 3.05) is 0 Å². The first kappa shape index (κ1) is 29.8. The molecule has 0 spiro atoms. The Balaban J connectivity index is 0.00000204. The van der Waals surface area contributed by atoms with E-state index in [2.05, 4.69) is 111 Å². The van der Waals surface area contributed by atoms with Crippen LogP contribution in [0.15, 0.2) is 62.0 Å². The van der Waals surface area contributed by atoms with Crippen molar-refractivity contribution in [3.05, 3.63) is 78.0 Å². The van der Waals surface area contributed by atoms with Gasteiger partial charge in [0, 0.05) is 0 Å². The molecule has 1 atom stereocenters. The number of rotatable bonds is 2. The Morgan fingerprint density at radius 3 is 2.09 bits per heavy atom. The minimum absolute atomic E-state index is 0. The molecule has 4 rings (SSSR count). The predicted octanol–water partition coefficient (Wildman–Crippen LogP) is 7.63. The van der Waals surface area contributed by atoms with Crippen LogP contribution in [0, 0.1) is 10.8 Å². The minimum atomic E-state index is -0.691. The second-order valence-electron chi connectivity index (χ2n) is 12.1. The van der Waals surface area contributed by atoms with Gasteiger partial charge in [-0.3, -0.25) is 0 Å². The van der Waals surface area contributed by atoms with Gasteiger partial charge in [-0.2, -0.15) is 0 Å². The molecule has 0 fully saturated rings. The molecule has 0 saturated heterocycles. The van der Waals surface area contributed by atoms with Crippen molar-refractivity contribution in [1.29, 1.82) is 0 Å². The molecule has 0 bridgehead atoms. The van der Waals surface area contributed by atoms with E-state index in [1.54, 1.807) is 11.1 Å². The first-order valence-corrected chi connectivity index (χ1v) is 19.4. The Labute approximate surface area is 231 Å². The second-order valence-corrected chi connectivity index (χ2v) is 24.8. The van der Waals surface area contributed by atoms with Crippen molar-refractivity contribution in [3.8, 4) is 0 Å². The summed E-state index contributed by atoms with van der Waals surface area (Å²) in [6.45, 7) is 24.2. The third-order valence-electron chi connectivity index (χ3n) is 7.65. The number of fused-ring (bicyclic) bond motifs is 2. The van der Waals surface area contributed by atoms with Gasteiger partial charge in [0.15, 0.2) is 0 Å². The Morgan fingerprint density at radius 1 is 0.941 bits per heavy atom. The van der Waals surface area contributed by atoms with Gasteiger partial charge in [-0.05, 0) is 0 Å². The van der Waals surface area contributed by atoms with Gasteiger partial charge in [-0.15, -0.1) is 24.8 Å². The van der Waals surface area contributed by atoms with Crippen molar-refractivity contribution in [2.45, 2.75) is 80.3 Å². The normalized spacial score (nSPS) is 21.2. The molecule has 1 aromatic rings. The molecule has 0 amide bonds. The molecular weight excluding hydrogens is 551 g/mol. The largest absolute Gasteiger partial charge is 0.147 e. The van der Waals surface area contributed by atoms with Crippen molar-refractivity contribution >= 4 is 41.9 Å². The molecule has 0 heterocycles. The van der Waals surface area contributed by atoms with Crippen LogP contribution in [0.4, 0.5) is 0 Å². The van der Waals surface area contributed by atoms with Gasteiger partial charge in [0.2, 0.25) is 0 Å². The summed E-state index contributed by atoms with van der Waals surface area (Å²) in [5.41, 5.74) is 9.32. The zero-order valence-electron chi connectivity index (χ0n) is 22.6. The second kappa shape index (κ2) is 10.2. The van der Waals surface area contributed by atoms with Crippen LogP contribution in [0.5, 0.6) is 0 Å². The Morgan fingerprint density at radius 2 is 1.59 bits per heavy atom. The maximum absolute atomic E-state index is 2.64. The fourth-order valence-corrected chi connectivity index (χ4v) is 14.6. The fraction of sp³-hybridized carbons (Fsp3) is 0.467. The summed E-state index contributed by atoms with van der Waals surface area (Å²) in [4.78, 5) is 0. The number of allylic oxidation sites excluding steroid dienone is 8. The van der Waals surface area contributed by atoms with E-state index in [9.17, 15) is 0 Å². The van der Waals surface area contributed by atoms with E-state index in [0.29, 0.717) is 0 Å².